The maximum absolute atomic E-state index is 11.6. The number of carbonyl (C=O) groups excluding carboxylic acids is 3. The molecule has 1 aromatic carbocycles. The van der Waals surface area contributed by atoms with Gasteiger partial charge in [-0.1, -0.05) is 23.8 Å². The van der Waals surface area contributed by atoms with Crippen LogP contribution in [-0.4, -0.2) is 24.6 Å². The molecular formula is C12H12O4. The zero-order chi connectivity index (χ0) is 12.1. The largest absolute Gasteiger partial charge is 0.463 e. The van der Waals surface area contributed by atoms with E-state index in [4.69, 9.17) is 0 Å². The fraction of sp³-hybridized carbons (Fsp3) is 0.250. The molecule has 0 heterocycles. The van der Waals surface area contributed by atoms with Gasteiger partial charge in [0.1, 0.15) is 0 Å². The lowest BCUT2D eigenvalue weighted by molar-refractivity contribution is -0.151. The lowest BCUT2D eigenvalue weighted by atomic mass is 10.0. The maximum atomic E-state index is 11.6. The quantitative estimate of drug-likeness (QED) is 0.332. The second-order valence-electron chi connectivity index (χ2n) is 3.38. The van der Waals surface area contributed by atoms with Crippen molar-refractivity contribution >= 4 is 17.5 Å². The first-order chi connectivity index (χ1) is 7.54. The third kappa shape index (κ3) is 3.02. The van der Waals surface area contributed by atoms with E-state index < -0.39 is 18.2 Å². The van der Waals surface area contributed by atoms with E-state index in [0.717, 1.165) is 12.7 Å². The highest BCUT2D eigenvalue weighted by molar-refractivity contribution is 6.38. The van der Waals surface area contributed by atoms with Crippen molar-refractivity contribution in [1.29, 1.82) is 0 Å². The molecule has 0 atom stereocenters. The summed E-state index contributed by atoms with van der Waals surface area (Å²) in [5, 5.41) is 0. The van der Waals surface area contributed by atoms with Crippen LogP contribution < -0.4 is 0 Å². The molecule has 0 saturated carbocycles. The first kappa shape index (κ1) is 12.1. The molecule has 0 aliphatic heterocycles. The normalized spacial score (nSPS) is 9.62. The number of esters is 1. The van der Waals surface area contributed by atoms with E-state index in [1.54, 1.807) is 18.2 Å². The average Bonchev–Trinajstić information content (AvgIpc) is 2.27. The summed E-state index contributed by atoms with van der Waals surface area (Å²) in [6.07, 6.45) is -0.448. The minimum atomic E-state index is -0.985. The van der Waals surface area contributed by atoms with Gasteiger partial charge in [0.05, 0.1) is 13.5 Å². The number of aryl methyl sites for hydroxylation is 1. The summed E-state index contributed by atoms with van der Waals surface area (Å²) in [6.45, 7) is 1.85. The van der Waals surface area contributed by atoms with Crippen LogP contribution in [0.25, 0.3) is 0 Å². The van der Waals surface area contributed by atoms with Crippen LogP contribution in [0.3, 0.4) is 0 Å². The molecule has 0 spiro atoms. The molecule has 0 bridgehead atoms. The smallest absolute Gasteiger partial charge is 0.374 e. The molecule has 0 radical (unpaired) electrons. The van der Waals surface area contributed by atoms with E-state index in [1.165, 1.54) is 0 Å². The number of ether oxygens (including phenoxy) is 1. The van der Waals surface area contributed by atoms with Crippen molar-refractivity contribution < 1.29 is 19.1 Å². The monoisotopic (exact) mass is 220 g/mol. The molecule has 0 aliphatic carbocycles. The van der Waals surface area contributed by atoms with E-state index in [-0.39, 0.29) is 5.78 Å². The Kier molecular flexibility index (Phi) is 3.94. The molecular weight excluding hydrogens is 208 g/mol. The third-order valence-electron chi connectivity index (χ3n) is 2.07. The molecule has 1 aromatic rings. The van der Waals surface area contributed by atoms with Gasteiger partial charge in [0.15, 0.2) is 5.78 Å². The number of Topliss-reactive ketones (excluding diaryl/α,β-unsaturated/α-hetero) is 2. The molecule has 16 heavy (non-hydrogen) atoms. The van der Waals surface area contributed by atoms with Crippen molar-refractivity contribution in [1.82, 2.24) is 0 Å². The van der Waals surface area contributed by atoms with Crippen molar-refractivity contribution in [2.45, 2.75) is 13.3 Å². The number of hydrogen-bond acceptors (Lipinski definition) is 4. The number of methoxy groups -OCH3 is 1. The van der Waals surface area contributed by atoms with Crippen LogP contribution >= 0.6 is 0 Å². The molecule has 0 aliphatic rings. The van der Waals surface area contributed by atoms with Gasteiger partial charge in [0, 0.05) is 5.56 Å². The summed E-state index contributed by atoms with van der Waals surface area (Å²) in [5.74, 6) is -2.19. The summed E-state index contributed by atoms with van der Waals surface area (Å²) < 4.78 is 4.23. The minimum Gasteiger partial charge on any atom is -0.463 e. The fourth-order valence-electron chi connectivity index (χ4n) is 1.25. The minimum absolute atomic E-state index is 0.376. The molecule has 4 nitrogen and oxygen atoms in total. The summed E-state index contributed by atoms with van der Waals surface area (Å²) in [6, 6.07) is 6.86. The van der Waals surface area contributed by atoms with Crippen LogP contribution in [0.15, 0.2) is 24.3 Å². The van der Waals surface area contributed by atoms with E-state index >= 15 is 0 Å². The van der Waals surface area contributed by atoms with E-state index in [1.807, 2.05) is 13.0 Å². The fourth-order valence-corrected chi connectivity index (χ4v) is 1.25. The molecule has 0 aromatic heterocycles. The molecule has 4 heteroatoms. The first-order valence-electron chi connectivity index (χ1n) is 4.75. The Balaban J connectivity index is 2.73. The SMILES string of the molecule is COC(=O)C(=O)CC(=O)c1cccc(C)c1. The Morgan fingerprint density at radius 1 is 1.25 bits per heavy atom. The predicted octanol–water partition coefficient (Wildman–Crippen LogP) is 1.31. The van der Waals surface area contributed by atoms with Crippen LogP contribution in [0.4, 0.5) is 0 Å². The molecule has 1 rings (SSSR count). The van der Waals surface area contributed by atoms with Crippen molar-refractivity contribution in [2.75, 3.05) is 7.11 Å². The van der Waals surface area contributed by atoms with Crippen molar-refractivity contribution in [3.05, 3.63) is 35.4 Å². The first-order valence-corrected chi connectivity index (χ1v) is 4.75. The molecule has 0 N–H and O–H groups in total. The van der Waals surface area contributed by atoms with Crippen LogP contribution in [0, 0.1) is 6.92 Å². The molecule has 84 valence electrons. The van der Waals surface area contributed by atoms with Gasteiger partial charge in [-0.15, -0.1) is 0 Å². The predicted molar refractivity (Wildman–Crippen MR) is 57.1 cm³/mol. The highest BCUT2D eigenvalue weighted by Crippen LogP contribution is 2.07. The lowest BCUT2D eigenvalue weighted by Crippen LogP contribution is -2.19. The van der Waals surface area contributed by atoms with Crippen LogP contribution in [0.2, 0.25) is 0 Å². The van der Waals surface area contributed by atoms with Gasteiger partial charge in [-0.2, -0.15) is 0 Å². The van der Waals surface area contributed by atoms with Crippen molar-refractivity contribution in [3.63, 3.8) is 0 Å². The van der Waals surface area contributed by atoms with Crippen LogP contribution in [-0.2, 0) is 14.3 Å². The van der Waals surface area contributed by atoms with E-state index in [2.05, 4.69) is 4.74 Å². The number of carbonyl (C=O) groups is 3. The Morgan fingerprint density at radius 3 is 2.50 bits per heavy atom. The Hall–Kier alpha value is -1.97. The second kappa shape index (κ2) is 5.21. The molecule has 0 fully saturated rings. The summed E-state index contributed by atoms with van der Waals surface area (Å²) in [4.78, 5) is 33.6. The lowest BCUT2D eigenvalue weighted by Gasteiger charge is -2.00. The van der Waals surface area contributed by atoms with Gasteiger partial charge in [-0.25, -0.2) is 4.79 Å². The summed E-state index contributed by atoms with van der Waals surface area (Å²) >= 11 is 0. The van der Waals surface area contributed by atoms with Crippen molar-refractivity contribution in [2.24, 2.45) is 0 Å². The van der Waals surface area contributed by atoms with E-state index in [0.29, 0.717) is 5.56 Å². The molecule has 0 saturated heterocycles. The number of ketones is 2. The number of rotatable bonds is 4. The molecule has 0 unspecified atom stereocenters. The summed E-state index contributed by atoms with van der Waals surface area (Å²) in [7, 11) is 1.11. The van der Waals surface area contributed by atoms with Gasteiger partial charge in [0.25, 0.3) is 0 Å². The summed E-state index contributed by atoms with van der Waals surface area (Å²) in [5.41, 5.74) is 1.36. The van der Waals surface area contributed by atoms with Crippen LogP contribution in [0.5, 0.6) is 0 Å². The maximum Gasteiger partial charge on any atom is 0.374 e. The average molecular weight is 220 g/mol. The topological polar surface area (TPSA) is 60.4 Å². The third-order valence-corrected chi connectivity index (χ3v) is 2.07. The molecule has 0 amide bonds. The standard InChI is InChI=1S/C12H12O4/c1-8-4-3-5-9(6-8)10(13)7-11(14)12(15)16-2/h3-6H,7H2,1-2H3. The Morgan fingerprint density at radius 2 is 1.94 bits per heavy atom. The van der Waals surface area contributed by atoms with Gasteiger partial charge < -0.3 is 4.74 Å². The number of benzene rings is 1. The second-order valence-corrected chi connectivity index (χ2v) is 3.38. The van der Waals surface area contributed by atoms with Crippen LogP contribution in [0.1, 0.15) is 22.3 Å². The highest BCUT2D eigenvalue weighted by atomic mass is 16.5. The van der Waals surface area contributed by atoms with Gasteiger partial charge in [-0.05, 0) is 13.0 Å². The van der Waals surface area contributed by atoms with Gasteiger partial charge >= 0.3 is 5.97 Å². The zero-order valence-electron chi connectivity index (χ0n) is 9.15. The van der Waals surface area contributed by atoms with Crippen molar-refractivity contribution in [3.8, 4) is 0 Å². The van der Waals surface area contributed by atoms with E-state index in [9.17, 15) is 14.4 Å². The zero-order valence-corrected chi connectivity index (χ0v) is 9.15. The Labute approximate surface area is 93.2 Å². The highest BCUT2D eigenvalue weighted by Gasteiger charge is 2.19. The van der Waals surface area contributed by atoms with Gasteiger partial charge in [-0.3, -0.25) is 9.59 Å². The number of hydrogen-bond donors (Lipinski definition) is 0. The van der Waals surface area contributed by atoms with Gasteiger partial charge in [0.2, 0.25) is 5.78 Å². The Bertz CT molecular complexity index is 434.